The Hall–Kier alpha value is -1.81. The number of H-pyrrole nitrogens is 1. The van der Waals surface area contributed by atoms with Gasteiger partial charge < -0.3 is 5.32 Å². The first kappa shape index (κ1) is 12.2. The molecule has 3 rings (SSSR count). The van der Waals surface area contributed by atoms with Gasteiger partial charge >= 0.3 is 0 Å². The molecule has 2 N–H and O–H groups in total. The van der Waals surface area contributed by atoms with Gasteiger partial charge in [0.2, 0.25) is 5.95 Å². The van der Waals surface area contributed by atoms with Crippen LogP contribution in [-0.4, -0.2) is 9.97 Å². The Bertz CT molecular complexity index is 649. The third-order valence-electron chi connectivity index (χ3n) is 3.30. The molecule has 0 radical (unpaired) electrons. The number of halogens is 1. The largest absolute Gasteiger partial charge is 0.326 e. The summed E-state index contributed by atoms with van der Waals surface area (Å²) >= 11 is 5.83. The number of hydrogen-bond donors (Lipinski definition) is 2. The van der Waals surface area contributed by atoms with E-state index in [0.29, 0.717) is 11.0 Å². The molecule has 4 nitrogen and oxygen atoms in total. The molecule has 1 aliphatic rings. The van der Waals surface area contributed by atoms with Crippen LogP contribution in [0.5, 0.6) is 0 Å². The summed E-state index contributed by atoms with van der Waals surface area (Å²) in [4.78, 5) is 19.3. The Balaban J connectivity index is 1.91. The van der Waals surface area contributed by atoms with Gasteiger partial charge in [0.25, 0.3) is 5.56 Å². The van der Waals surface area contributed by atoms with Gasteiger partial charge in [-0.1, -0.05) is 11.6 Å². The van der Waals surface area contributed by atoms with E-state index in [1.54, 1.807) is 12.1 Å². The monoisotopic (exact) mass is 275 g/mol. The van der Waals surface area contributed by atoms with Crippen LogP contribution in [0.15, 0.2) is 29.1 Å². The molecule has 1 aliphatic carbocycles. The van der Waals surface area contributed by atoms with Gasteiger partial charge in [0, 0.05) is 16.3 Å². The highest BCUT2D eigenvalue weighted by Crippen LogP contribution is 2.19. The predicted molar refractivity (Wildman–Crippen MR) is 76.2 cm³/mol. The first-order chi connectivity index (χ1) is 9.22. The quantitative estimate of drug-likeness (QED) is 0.886. The minimum atomic E-state index is -0.0267. The van der Waals surface area contributed by atoms with Crippen molar-refractivity contribution < 1.29 is 0 Å². The Labute approximate surface area is 115 Å². The van der Waals surface area contributed by atoms with Gasteiger partial charge in [-0.05, 0) is 49.9 Å². The molecule has 0 fully saturated rings. The number of rotatable bonds is 2. The lowest BCUT2D eigenvalue weighted by molar-refractivity contribution is 0.658. The lowest BCUT2D eigenvalue weighted by atomic mass is 9.97. The molecule has 1 heterocycles. The molecule has 98 valence electrons. The van der Waals surface area contributed by atoms with Gasteiger partial charge in [0.1, 0.15) is 0 Å². The van der Waals surface area contributed by atoms with Crippen molar-refractivity contribution in [3.05, 3.63) is 50.9 Å². The molecule has 0 amide bonds. The number of fused-ring (bicyclic) bond motifs is 1. The van der Waals surface area contributed by atoms with Gasteiger partial charge in [-0.15, -0.1) is 0 Å². The van der Waals surface area contributed by atoms with Crippen LogP contribution in [0, 0.1) is 0 Å². The number of nitrogens with zero attached hydrogens (tertiary/aromatic N) is 1. The predicted octanol–water partition coefficient (Wildman–Crippen LogP) is 3.05. The molecule has 0 saturated carbocycles. The SMILES string of the molecule is O=c1[nH]c(Nc2ccc(Cl)cc2)nc2c1CCCC2. The highest BCUT2D eigenvalue weighted by Gasteiger charge is 2.15. The van der Waals surface area contributed by atoms with Crippen molar-refractivity contribution in [3.63, 3.8) is 0 Å². The zero-order chi connectivity index (χ0) is 13.2. The first-order valence-corrected chi connectivity index (χ1v) is 6.75. The van der Waals surface area contributed by atoms with Crippen LogP contribution >= 0.6 is 11.6 Å². The number of anilines is 2. The second-order valence-corrected chi connectivity index (χ2v) is 5.12. The molecule has 0 spiro atoms. The fourth-order valence-electron chi connectivity index (χ4n) is 2.33. The summed E-state index contributed by atoms with van der Waals surface area (Å²) < 4.78 is 0. The van der Waals surface area contributed by atoms with Crippen LogP contribution in [0.1, 0.15) is 24.1 Å². The molecular weight excluding hydrogens is 262 g/mol. The topological polar surface area (TPSA) is 57.8 Å². The van der Waals surface area contributed by atoms with Crippen molar-refractivity contribution in [3.8, 4) is 0 Å². The first-order valence-electron chi connectivity index (χ1n) is 6.37. The van der Waals surface area contributed by atoms with Gasteiger partial charge in [0.05, 0.1) is 5.69 Å². The number of aromatic amines is 1. The molecule has 5 heteroatoms. The van der Waals surface area contributed by atoms with Crippen molar-refractivity contribution >= 4 is 23.2 Å². The molecule has 0 unspecified atom stereocenters. The zero-order valence-electron chi connectivity index (χ0n) is 10.4. The number of aromatic nitrogens is 2. The summed E-state index contributed by atoms with van der Waals surface area (Å²) in [6, 6.07) is 7.28. The van der Waals surface area contributed by atoms with Gasteiger partial charge in [-0.25, -0.2) is 4.98 Å². The van der Waals surface area contributed by atoms with E-state index in [-0.39, 0.29) is 5.56 Å². The summed E-state index contributed by atoms with van der Waals surface area (Å²) in [5.74, 6) is 0.493. The summed E-state index contributed by atoms with van der Waals surface area (Å²) in [5.41, 5.74) is 2.59. The van der Waals surface area contributed by atoms with Crippen molar-refractivity contribution in [2.45, 2.75) is 25.7 Å². The van der Waals surface area contributed by atoms with E-state index in [4.69, 9.17) is 11.6 Å². The van der Waals surface area contributed by atoms with E-state index in [1.165, 1.54) is 0 Å². The van der Waals surface area contributed by atoms with E-state index >= 15 is 0 Å². The minimum Gasteiger partial charge on any atom is -0.326 e. The normalized spacial score (nSPS) is 13.9. The van der Waals surface area contributed by atoms with Crippen molar-refractivity contribution in [1.29, 1.82) is 0 Å². The van der Waals surface area contributed by atoms with Crippen LogP contribution < -0.4 is 10.9 Å². The smallest absolute Gasteiger partial charge is 0.255 e. The molecule has 1 aromatic heterocycles. The summed E-state index contributed by atoms with van der Waals surface area (Å²) in [6.07, 6.45) is 3.89. The average molecular weight is 276 g/mol. The number of nitrogens with one attached hydrogen (secondary N) is 2. The molecular formula is C14H14ClN3O. The third-order valence-corrected chi connectivity index (χ3v) is 3.55. The Morgan fingerprint density at radius 3 is 2.68 bits per heavy atom. The molecule has 19 heavy (non-hydrogen) atoms. The van der Waals surface area contributed by atoms with Crippen molar-refractivity contribution in [1.82, 2.24) is 9.97 Å². The maximum Gasteiger partial charge on any atom is 0.255 e. The maximum atomic E-state index is 12.0. The van der Waals surface area contributed by atoms with Crippen molar-refractivity contribution in [2.24, 2.45) is 0 Å². The Morgan fingerprint density at radius 2 is 1.89 bits per heavy atom. The van der Waals surface area contributed by atoms with Crippen LogP contribution in [0.2, 0.25) is 5.02 Å². The van der Waals surface area contributed by atoms with E-state index in [9.17, 15) is 4.79 Å². The lowest BCUT2D eigenvalue weighted by Gasteiger charge is -2.15. The molecule has 2 aromatic rings. The molecule has 1 aromatic carbocycles. The van der Waals surface area contributed by atoms with E-state index in [0.717, 1.165) is 42.6 Å². The number of aryl methyl sites for hydroxylation is 1. The second kappa shape index (κ2) is 5.05. The van der Waals surface area contributed by atoms with Crippen molar-refractivity contribution in [2.75, 3.05) is 5.32 Å². The van der Waals surface area contributed by atoms with Crippen LogP contribution in [-0.2, 0) is 12.8 Å². The van der Waals surface area contributed by atoms with Crippen LogP contribution in [0.4, 0.5) is 11.6 Å². The summed E-state index contributed by atoms with van der Waals surface area (Å²) in [7, 11) is 0. The highest BCUT2D eigenvalue weighted by atomic mass is 35.5. The zero-order valence-corrected chi connectivity index (χ0v) is 11.1. The minimum absolute atomic E-state index is 0.0267. The summed E-state index contributed by atoms with van der Waals surface area (Å²) in [5, 5.41) is 3.77. The molecule has 0 atom stereocenters. The van der Waals surface area contributed by atoms with Gasteiger partial charge in [-0.2, -0.15) is 0 Å². The number of benzene rings is 1. The second-order valence-electron chi connectivity index (χ2n) is 4.68. The fourth-order valence-corrected chi connectivity index (χ4v) is 2.46. The van der Waals surface area contributed by atoms with E-state index in [2.05, 4.69) is 15.3 Å². The average Bonchev–Trinajstić information content (AvgIpc) is 2.42. The Morgan fingerprint density at radius 1 is 1.16 bits per heavy atom. The van der Waals surface area contributed by atoms with E-state index < -0.39 is 0 Å². The van der Waals surface area contributed by atoms with Crippen LogP contribution in [0.25, 0.3) is 0 Å². The van der Waals surface area contributed by atoms with Crippen LogP contribution in [0.3, 0.4) is 0 Å². The third kappa shape index (κ3) is 2.63. The van der Waals surface area contributed by atoms with Gasteiger partial charge in [0.15, 0.2) is 0 Å². The van der Waals surface area contributed by atoms with Gasteiger partial charge in [-0.3, -0.25) is 9.78 Å². The standard InChI is InChI=1S/C14H14ClN3O/c15-9-5-7-10(8-6-9)16-14-17-12-4-2-1-3-11(12)13(19)18-14/h5-8H,1-4H2,(H2,16,17,18,19). The Kier molecular flexibility index (Phi) is 3.25. The number of hydrogen-bond acceptors (Lipinski definition) is 3. The maximum absolute atomic E-state index is 12.0. The highest BCUT2D eigenvalue weighted by molar-refractivity contribution is 6.30. The molecule has 0 bridgehead atoms. The molecule has 0 aliphatic heterocycles. The lowest BCUT2D eigenvalue weighted by Crippen LogP contribution is -2.22. The van der Waals surface area contributed by atoms with E-state index in [1.807, 2.05) is 12.1 Å². The summed E-state index contributed by atoms with van der Waals surface area (Å²) in [6.45, 7) is 0. The fraction of sp³-hybridized carbons (Fsp3) is 0.286. The molecule has 0 saturated heterocycles.